The fourth-order valence-corrected chi connectivity index (χ4v) is 12.4. The van der Waals surface area contributed by atoms with Crippen LogP contribution in [-0.2, 0) is 41.5 Å². The molecule has 0 aliphatic heterocycles. The maximum absolute atomic E-state index is 14.5. The third-order valence-electron chi connectivity index (χ3n) is 10.5. The number of carbonyl (C=O) groups is 3. The summed E-state index contributed by atoms with van der Waals surface area (Å²) in [5, 5.41) is 0. The molecule has 0 saturated heterocycles. The topological polar surface area (TPSA) is 107 Å². The lowest BCUT2D eigenvalue weighted by atomic mass is 9.52. The van der Waals surface area contributed by atoms with Gasteiger partial charge in [0, 0.05) is 40.6 Å². The van der Waals surface area contributed by atoms with E-state index in [-0.39, 0.29) is 35.4 Å². The predicted octanol–water partition coefficient (Wildman–Crippen LogP) is 6.13. The molecule has 8 heteroatoms. The van der Waals surface area contributed by atoms with Crippen LogP contribution in [0.5, 0.6) is 0 Å². The number of esters is 1. The zero-order chi connectivity index (χ0) is 31.2. The van der Waals surface area contributed by atoms with Crippen molar-refractivity contribution in [3.63, 3.8) is 0 Å². The average Bonchev–Trinajstić information content (AvgIpc) is 3.33. The minimum absolute atomic E-state index is 0.0175. The Labute approximate surface area is 265 Å². The van der Waals surface area contributed by atoms with Crippen molar-refractivity contribution in [1.82, 2.24) is 0 Å². The van der Waals surface area contributed by atoms with E-state index in [0.717, 1.165) is 18.4 Å². The molecular weight excluding hydrogens is 593 g/mol. The van der Waals surface area contributed by atoms with E-state index in [1.165, 1.54) is 12.5 Å². The van der Waals surface area contributed by atoms with Gasteiger partial charge in [-0.1, -0.05) is 66.6 Å². The molecule has 6 nitrogen and oxygen atoms in total. The van der Waals surface area contributed by atoms with Crippen molar-refractivity contribution in [3.8, 4) is 0 Å². The van der Waals surface area contributed by atoms with Gasteiger partial charge in [-0.15, -0.1) is 0 Å². The van der Waals surface area contributed by atoms with E-state index in [1.807, 2.05) is 42.5 Å². The quantitative estimate of drug-likeness (QED) is 0.197. The van der Waals surface area contributed by atoms with Crippen molar-refractivity contribution >= 4 is 39.9 Å². The maximum atomic E-state index is 14.5. The van der Waals surface area contributed by atoms with Crippen LogP contribution in [-0.4, -0.2) is 37.8 Å². The first-order valence-electron chi connectivity index (χ1n) is 15.3. The minimum Gasteiger partial charge on any atom is -0.607 e. The van der Waals surface area contributed by atoms with Crippen molar-refractivity contribution in [2.75, 3.05) is 6.61 Å². The highest BCUT2D eigenvalue weighted by atomic mass is 32.3. The lowest BCUT2D eigenvalue weighted by Crippen LogP contribution is -2.47. The number of allylic oxidation sites excluding steroid dienone is 6. The molecule has 2 aromatic carbocycles. The van der Waals surface area contributed by atoms with Crippen molar-refractivity contribution < 1.29 is 28.2 Å². The molecular formula is C36H38O6S2. The Morgan fingerprint density at radius 1 is 1.00 bits per heavy atom. The maximum Gasteiger partial charge on any atom is 0.303 e. The number of Topliss-reactive ketones (excluding diaryl/α,β-unsaturated/α-hetero) is 1. The van der Waals surface area contributed by atoms with E-state index in [0.29, 0.717) is 22.6 Å². The Kier molecular flexibility index (Phi) is 8.56. The first kappa shape index (κ1) is 31.1. The van der Waals surface area contributed by atoms with Crippen LogP contribution in [0.2, 0.25) is 0 Å². The number of hydrogen-bond donors (Lipinski definition) is 0. The Balaban J connectivity index is 1.45. The fraction of sp³-hybridized carbons (Fsp3) is 0.417. The Bertz CT molecular complexity index is 1490. The molecule has 230 valence electrons. The Morgan fingerprint density at radius 2 is 1.61 bits per heavy atom. The lowest BCUT2D eigenvalue weighted by Gasteiger charge is -2.52. The molecule has 2 unspecified atom stereocenters. The van der Waals surface area contributed by atoms with Gasteiger partial charge in [-0.05, 0) is 86.3 Å². The van der Waals surface area contributed by atoms with Gasteiger partial charge in [0.15, 0.2) is 21.4 Å². The molecule has 6 rings (SSSR count). The van der Waals surface area contributed by atoms with Gasteiger partial charge in [-0.25, -0.2) is 0 Å². The zero-order valence-electron chi connectivity index (χ0n) is 25.3. The third-order valence-corrected chi connectivity index (χ3v) is 14.6. The van der Waals surface area contributed by atoms with Crippen LogP contribution >= 0.6 is 0 Å². The van der Waals surface area contributed by atoms with E-state index < -0.39 is 50.2 Å². The summed E-state index contributed by atoms with van der Waals surface area (Å²) in [7, 11) is 0. The second-order valence-electron chi connectivity index (χ2n) is 12.9. The largest absolute Gasteiger partial charge is 0.607 e. The number of ketones is 2. The first-order valence-corrected chi connectivity index (χ1v) is 17.7. The molecule has 0 bridgehead atoms. The molecule has 0 amide bonds. The summed E-state index contributed by atoms with van der Waals surface area (Å²) in [6, 6.07) is 18.1. The number of hydrogen-bond acceptors (Lipinski definition) is 6. The van der Waals surface area contributed by atoms with Gasteiger partial charge in [0.2, 0.25) is 0 Å². The molecule has 2 aromatic rings. The second kappa shape index (κ2) is 12.1. The van der Waals surface area contributed by atoms with Gasteiger partial charge in [0.1, 0.15) is 6.61 Å². The summed E-state index contributed by atoms with van der Waals surface area (Å²) in [6.07, 6.45) is 10.5. The molecule has 0 spiro atoms. The molecule has 0 heterocycles. The predicted molar refractivity (Wildman–Crippen MR) is 170 cm³/mol. The standard InChI is InChI=1S/C36H38O6S2/c1-23(37)42-22-32(39)33-29(34(43(40)26-10-6-4-7-11-26)44(41)27-12-8-5-9-13-27)21-31-28-15-14-24-20-25(38)16-18-35(24,2)30(28)17-19-36(31,33)3/h4-13,16-18,20,28-29,31,33-34H,14-15,19,21-22H2,1-3H3/t28-,29-,31+,33-,34?,35+,36+,43?,44?/m1/s1. The molecule has 0 radical (unpaired) electrons. The van der Waals surface area contributed by atoms with Crippen LogP contribution in [0.4, 0.5) is 0 Å². The zero-order valence-corrected chi connectivity index (χ0v) is 26.9. The monoisotopic (exact) mass is 630 g/mol. The van der Waals surface area contributed by atoms with E-state index in [1.54, 1.807) is 36.4 Å². The van der Waals surface area contributed by atoms with Crippen molar-refractivity contribution in [1.29, 1.82) is 0 Å². The number of benzene rings is 2. The Morgan fingerprint density at radius 3 is 2.20 bits per heavy atom. The van der Waals surface area contributed by atoms with Gasteiger partial charge in [-0.2, -0.15) is 0 Å². The van der Waals surface area contributed by atoms with Crippen LogP contribution in [0.3, 0.4) is 0 Å². The Hall–Kier alpha value is -2.91. The molecule has 4 aliphatic carbocycles. The smallest absolute Gasteiger partial charge is 0.303 e. The van der Waals surface area contributed by atoms with Crippen LogP contribution in [0.25, 0.3) is 0 Å². The molecule has 0 N–H and O–H groups in total. The number of ether oxygens (including phenoxy) is 1. The van der Waals surface area contributed by atoms with Crippen LogP contribution < -0.4 is 0 Å². The third kappa shape index (κ3) is 5.34. The van der Waals surface area contributed by atoms with E-state index in [9.17, 15) is 23.5 Å². The SMILES string of the molecule is CC(=O)OCC(=O)[C@H]1[C@H](C([S+]([O-])c2ccccc2)[S+]([O-])c2ccccc2)C[C@H]2[C@@H]3CCC4=CC(=O)C=C[C@]4(C)C3=CC[C@@]21C. The van der Waals surface area contributed by atoms with Crippen molar-refractivity contribution in [2.24, 2.45) is 34.5 Å². The van der Waals surface area contributed by atoms with Crippen LogP contribution in [0.1, 0.15) is 46.5 Å². The lowest BCUT2D eigenvalue weighted by molar-refractivity contribution is -0.148. The summed E-state index contributed by atoms with van der Waals surface area (Å²) in [6.45, 7) is 5.24. The van der Waals surface area contributed by atoms with Gasteiger partial charge < -0.3 is 13.8 Å². The number of fused-ring (bicyclic) bond motifs is 5. The summed E-state index contributed by atoms with van der Waals surface area (Å²) < 4.78 is 33.4. The summed E-state index contributed by atoms with van der Waals surface area (Å²) in [5.74, 6) is -1.60. The highest BCUT2D eigenvalue weighted by molar-refractivity contribution is 8.09. The average molecular weight is 631 g/mol. The molecule has 2 saturated carbocycles. The molecule has 4 aliphatic rings. The van der Waals surface area contributed by atoms with Crippen LogP contribution in [0, 0.1) is 34.5 Å². The van der Waals surface area contributed by atoms with E-state index in [4.69, 9.17) is 4.74 Å². The number of carbonyl (C=O) groups excluding carboxylic acids is 3. The fourth-order valence-electron chi connectivity index (χ4n) is 8.53. The summed E-state index contributed by atoms with van der Waals surface area (Å²) in [4.78, 5) is 39.4. The van der Waals surface area contributed by atoms with Gasteiger partial charge >= 0.3 is 5.97 Å². The van der Waals surface area contributed by atoms with Gasteiger partial charge in [-0.3, -0.25) is 14.4 Å². The molecule has 2 fully saturated rings. The summed E-state index contributed by atoms with van der Waals surface area (Å²) in [5.41, 5.74) is 1.54. The highest BCUT2D eigenvalue weighted by Gasteiger charge is 2.65. The molecule has 8 atom stereocenters. The normalized spacial score (nSPS) is 32.7. The van der Waals surface area contributed by atoms with Crippen molar-refractivity contribution in [2.45, 2.75) is 60.8 Å². The van der Waals surface area contributed by atoms with E-state index >= 15 is 0 Å². The molecule has 44 heavy (non-hydrogen) atoms. The van der Waals surface area contributed by atoms with Crippen LogP contribution in [0.15, 0.2) is 106 Å². The summed E-state index contributed by atoms with van der Waals surface area (Å²) >= 11 is -3.37. The molecule has 0 aromatic heterocycles. The van der Waals surface area contributed by atoms with E-state index in [2.05, 4.69) is 19.9 Å². The first-order chi connectivity index (χ1) is 21.0. The van der Waals surface area contributed by atoms with Gasteiger partial charge in [0.05, 0.1) is 5.92 Å². The minimum atomic E-state index is -1.69. The second-order valence-corrected chi connectivity index (χ2v) is 16.4. The highest BCUT2D eigenvalue weighted by Crippen LogP contribution is 2.66. The van der Waals surface area contributed by atoms with Gasteiger partial charge in [0.25, 0.3) is 4.58 Å². The number of rotatable bonds is 8. The van der Waals surface area contributed by atoms with Crippen molar-refractivity contribution in [3.05, 3.63) is 96.1 Å².